The van der Waals surface area contributed by atoms with Crippen molar-refractivity contribution < 1.29 is 19.1 Å². The van der Waals surface area contributed by atoms with Gasteiger partial charge < -0.3 is 9.64 Å². The van der Waals surface area contributed by atoms with Gasteiger partial charge in [-0.2, -0.15) is 0 Å². The van der Waals surface area contributed by atoms with E-state index in [1.807, 2.05) is 18.2 Å². The molecule has 0 saturated carbocycles. The number of esters is 1. The fourth-order valence-corrected chi connectivity index (χ4v) is 2.79. The third-order valence-corrected chi connectivity index (χ3v) is 3.85. The van der Waals surface area contributed by atoms with Gasteiger partial charge in [0, 0.05) is 11.3 Å². The molecule has 0 radical (unpaired) electrons. The number of hydrogen-bond acceptors (Lipinski definition) is 5. The van der Waals surface area contributed by atoms with Crippen molar-refractivity contribution in [2.75, 3.05) is 0 Å². The van der Waals surface area contributed by atoms with Crippen molar-refractivity contribution >= 4 is 17.7 Å². The number of β-lactam (4-membered cyclic amide) rings is 1. The van der Waals surface area contributed by atoms with E-state index in [1.54, 1.807) is 12.1 Å². The van der Waals surface area contributed by atoms with Gasteiger partial charge in [-0.25, -0.2) is 4.79 Å². The van der Waals surface area contributed by atoms with Gasteiger partial charge >= 0.3 is 5.97 Å². The molecule has 2 saturated heterocycles. The van der Waals surface area contributed by atoms with E-state index >= 15 is 0 Å². The number of nitrogens with zero attached hydrogens (tertiary/aromatic N) is 4. The van der Waals surface area contributed by atoms with Crippen molar-refractivity contribution in [2.24, 2.45) is 5.11 Å². The van der Waals surface area contributed by atoms with Crippen LogP contribution in [0.15, 0.2) is 35.4 Å². The first-order valence-corrected chi connectivity index (χ1v) is 6.73. The second-order valence-electron chi connectivity index (χ2n) is 5.13. The van der Waals surface area contributed by atoms with Crippen LogP contribution in [0.25, 0.3) is 10.4 Å². The number of carbonyl (C=O) groups excluding carboxylic acids is 3. The smallest absolute Gasteiger partial charge is 0.337 e. The molecule has 0 aromatic heterocycles. The van der Waals surface area contributed by atoms with Crippen LogP contribution in [-0.4, -0.2) is 40.7 Å². The molecule has 22 heavy (non-hydrogen) atoms. The van der Waals surface area contributed by atoms with Crippen LogP contribution in [0.1, 0.15) is 12.0 Å². The predicted octanol–water partition coefficient (Wildman–Crippen LogP) is 0.961. The predicted molar refractivity (Wildman–Crippen MR) is 73.2 cm³/mol. The number of fused-ring (bicyclic) bond motifs is 1. The van der Waals surface area contributed by atoms with Gasteiger partial charge in [0.05, 0.1) is 6.04 Å². The molecule has 0 spiro atoms. The van der Waals surface area contributed by atoms with Crippen molar-refractivity contribution in [1.29, 1.82) is 0 Å². The van der Waals surface area contributed by atoms with Crippen LogP contribution in [0.5, 0.6) is 0 Å². The van der Waals surface area contributed by atoms with E-state index in [0.717, 1.165) is 10.5 Å². The summed E-state index contributed by atoms with van der Waals surface area (Å²) in [4.78, 5) is 39.7. The number of ketones is 1. The molecule has 8 heteroatoms. The lowest BCUT2D eigenvalue weighted by Crippen LogP contribution is -2.64. The van der Waals surface area contributed by atoms with Crippen molar-refractivity contribution in [3.8, 4) is 0 Å². The Balaban J connectivity index is 1.67. The number of benzene rings is 1. The molecule has 2 aliphatic rings. The van der Waals surface area contributed by atoms with E-state index in [-0.39, 0.29) is 18.8 Å². The SMILES string of the molecule is [N-]=[N+]=NC1C(=O)N2C(C(=O)OCc3ccccc3)C(=O)CC12. The molecule has 3 unspecified atom stereocenters. The molecule has 2 fully saturated rings. The lowest BCUT2D eigenvalue weighted by Gasteiger charge is -2.41. The highest BCUT2D eigenvalue weighted by Crippen LogP contribution is 2.35. The number of Topliss-reactive ketones (excluding diaryl/α,β-unsaturated/α-hetero) is 1. The van der Waals surface area contributed by atoms with Gasteiger partial charge in [-0.1, -0.05) is 35.4 Å². The van der Waals surface area contributed by atoms with Crippen LogP contribution >= 0.6 is 0 Å². The number of hydrogen-bond donors (Lipinski definition) is 0. The first kappa shape index (κ1) is 14.1. The van der Waals surface area contributed by atoms with Crippen LogP contribution in [0.3, 0.4) is 0 Å². The van der Waals surface area contributed by atoms with E-state index in [0.29, 0.717) is 0 Å². The average Bonchev–Trinajstić information content (AvgIpc) is 2.85. The van der Waals surface area contributed by atoms with Gasteiger partial charge in [-0.3, -0.25) is 9.59 Å². The molecule has 2 aliphatic heterocycles. The zero-order valence-electron chi connectivity index (χ0n) is 11.5. The minimum absolute atomic E-state index is 0.0144. The number of ether oxygens (including phenoxy) is 1. The van der Waals surface area contributed by atoms with Gasteiger partial charge in [-0.05, 0) is 11.1 Å². The molecule has 1 aromatic rings. The Hall–Kier alpha value is -2.86. The molecule has 2 heterocycles. The Morgan fingerprint density at radius 1 is 1.36 bits per heavy atom. The van der Waals surface area contributed by atoms with E-state index in [4.69, 9.17) is 10.3 Å². The quantitative estimate of drug-likeness (QED) is 0.206. The van der Waals surface area contributed by atoms with Crippen LogP contribution in [-0.2, 0) is 25.7 Å². The van der Waals surface area contributed by atoms with Crippen LogP contribution < -0.4 is 0 Å². The van der Waals surface area contributed by atoms with Crippen molar-refractivity contribution in [2.45, 2.75) is 31.2 Å². The summed E-state index contributed by atoms with van der Waals surface area (Å²) in [7, 11) is 0. The van der Waals surface area contributed by atoms with E-state index < -0.39 is 30.0 Å². The number of azide groups is 1. The van der Waals surface area contributed by atoms with Gasteiger partial charge in [0.2, 0.25) is 5.91 Å². The maximum atomic E-state index is 12.1. The lowest BCUT2D eigenvalue weighted by molar-refractivity contribution is -0.164. The summed E-state index contributed by atoms with van der Waals surface area (Å²) in [5.74, 6) is -1.63. The average molecular weight is 300 g/mol. The zero-order valence-corrected chi connectivity index (χ0v) is 11.5. The topological polar surface area (TPSA) is 112 Å². The van der Waals surface area contributed by atoms with Gasteiger partial charge in [0.15, 0.2) is 11.8 Å². The maximum Gasteiger partial charge on any atom is 0.337 e. The number of amides is 1. The third kappa shape index (κ3) is 2.19. The summed E-state index contributed by atoms with van der Waals surface area (Å²) in [5, 5.41) is 3.36. The molecule has 3 atom stereocenters. The summed E-state index contributed by atoms with van der Waals surface area (Å²) in [6.07, 6.45) is 0.0144. The van der Waals surface area contributed by atoms with E-state index in [2.05, 4.69) is 10.0 Å². The Kier molecular flexibility index (Phi) is 3.52. The molecule has 0 bridgehead atoms. The highest BCUT2D eigenvalue weighted by Gasteiger charge is 2.60. The standard InChI is InChI=1S/C14H12N4O4/c15-17-16-11-9-6-10(19)12(18(9)13(11)20)14(21)22-7-8-4-2-1-3-5-8/h1-5,9,11-12H,6-7H2. The fraction of sp³-hybridized carbons (Fsp3) is 0.357. The van der Waals surface area contributed by atoms with Crippen LogP contribution in [0, 0.1) is 0 Å². The van der Waals surface area contributed by atoms with Crippen molar-refractivity contribution in [3.63, 3.8) is 0 Å². The molecule has 0 aliphatic carbocycles. The first-order chi connectivity index (χ1) is 10.6. The largest absolute Gasteiger partial charge is 0.459 e. The summed E-state index contributed by atoms with van der Waals surface area (Å²) < 4.78 is 5.12. The lowest BCUT2D eigenvalue weighted by atomic mass is 9.97. The van der Waals surface area contributed by atoms with Crippen molar-refractivity contribution in [1.82, 2.24) is 4.90 Å². The summed E-state index contributed by atoms with van der Waals surface area (Å²) >= 11 is 0. The minimum Gasteiger partial charge on any atom is -0.459 e. The monoisotopic (exact) mass is 300 g/mol. The van der Waals surface area contributed by atoms with Gasteiger partial charge in [0.25, 0.3) is 0 Å². The highest BCUT2D eigenvalue weighted by atomic mass is 16.5. The van der Waals surface area contributed by atoms with Crippen LogP contribution in [0.4, 0.5) is 0 Å². The fourth-order valence-electron chi connectivity index (χ4n) is 2.79. The van der Waals surface area contributed by atoms with E-state index in [1.165, 1.54) is 0 Å². The minimum atomic E-state index is -1.22. The second kappa shape index (κ2) is 5.50. The Morgan fingerprint density at radius 2 is 2.09 bits per heavy atom. The third-order valence-electron chi connectivity index (χ3n) is 3.85. The maximum absolute atomic E-state index is 12.1. The molecule has 112 valence electrons. The Labute approximate surface area is 125 Å². The molecule has 8 nitrogen and oxygen atoms in total. The first-order valence-electron chi connectivity index (χ1n) is 6.73. The molecule has 1 aromatic carbocycles. The number of carbonyl (C=O) groups is 3. The molecule has 0 N–H and O–H groups in total. The molecular weight excluding hydrogens is 288 g/mol. The molecule has 1 amide bonds. The second-order valence-corrected chi connectivity index (χ2v) is 5.13. The van der Waals surface area contributed by atoms with Gasteiger partial charge in [0.1, 0.15) is 12.6 Å². The van der Waals surface area contributed by atoms with Gasteiger partial charge in [-0.15, -0.1) is 0 Å². The summed E-state index contributed by atoms with van der Waals surface area (Å²) in [5.41, 5.74) is 9.19. The zero-order chi connectivity index (χ0) is 15.7. The van der Waals surface area contributed by atoms with Crippen LogP contribution in [0.2, 0.25) is 0 Å². The number of rotatable bonds is 4. The Morgan fingerprint density at radius 3 is 2.77 bits per heavy atom. The summed E-state index contributed by atoms with van der Waals surface area (Å²) in [6.45, 7) is 0.0376. The normalized spacial score (nSPS) is 26.0. The summed E-state index contributed by atoms with van der Waals surface area (Å²) in [6, 6.07) is 6.41. The molecular formula is C14H12N4O4. The van der Waals surface area contributed by atoms with Crippen molar-refractivity contribution in [3.05, 3.63) is 46.3 Å². The Bertz CT molecular complexity index is 683. The molecule has 3 rings (SSSR count). The van der Waals surface area contributed by atoms with E-state index in [9.17, 15) is 14.4 Å². The highest BCUT2D eigenvalue weighted by molar-refractivity contribution is 6.12.